The number of nitrogens with one attached hydrogen (secondary N) is 1. The van der Waals surface area contributed by atoms with Gasteiger partial charge in [0, 0.05) is 13.2 Å². The highest BCUT2D eigenvalue weighted by Crippen LogP contribution is 2.43. The summed E-state index contributed by atoms with van der Waals surface area (Å²) >= 11 is 0. The molecule has 0 saturated carbocycles. The first kappa shape index (κ1) is 12.7. The molecule has 13 heavy (non-hydrogen) atoms. The zero-order valence-corrected chi connectivity index (χ0v) is 9.45. The minimum absolute atomic E-state index is 0.203. The first-order chi connectivity index (χ1) is 6.06. The van der Waals surface area contributed by atoms with Gasteiger partial charge in [0.15, 0.2) is 0 Å². The minimum atomic E-state index is -1.36. The van der Waals surface area contributed by atoms with Crippen LogP contribution in [-0.2, 0) is 9.47 Å². The molecule has 80 valence electrons. The fourth-order valence-electron chi connectivity index (χ4n) is 0.696. The van der Waals surface area contributed by atoms with Crippen LogP contribution in [0, 0.1) is 5.41 Å². The Balaban J connectivity index is 4.08. The molecule has 0 saturated heterocycles. The van der Waals surface area contributed by atoms with Gasteiger partial charge in [-0.1, -0.05) is 0 Å². The van der Waals surface area contributed by atoms with E-state index in [0.717, 1.165) is 0 Å². The molecule has 0 rings (SSSR count). The summed E-state index contributed by atoms with van der Waals surface area (Å²) in [6.07, 6.45) is 1.96. The summed E-state index contributed by atoms with van der Waals surface area (Å²) in [6.45, 7) is 5.17. The molecule has 0 fully saturated rings. The molecule has 4 nitrogen and oxygen atoms in total. The van der Waals surface area contributed by atoms with Gasteiger partial charge in [-0.15, -0.1) is 10.0 Å². The number of amidine groups is 1. The van der Waals surface area contributed by atoms with E-state index >= 15 is 0 Å². The van der Waals surface area contributed by atoms with Crippen molar-refractivity contribution in [3.05, 3.63) is 0 Å². The van der Waals surface area contributed by atoms with E-state index in [0.29, 0.717) is 25.1 Å². The molecule has 0 atom stereocenters. The van der Waals surface area contributed by atoms with Crippen LogP contribution >= 0.6 is 10.0 Å². The predicted molar refractivity (Wildman–Crippen MR) is 58.4 cm³/mol. The van der Waals surface area contributed by atoms with E-state index in [1.165, 1.54) is 0 Å². The van der Waals surface area contributed by atoms with E-state index in [1.54, 1.807) is 0 Å². The van der Waals surface area contributed by atoms with Crippen LogP contribution in [-0.4, -0.2) is 36.5 Å². The van der Waals surface area contributed by atoms with Crippen molar-refractivity contribution >= 4 is 15.2 Å². The summed E-state index contributed by atoms with van der Waals surface area (Å²) in [7, 11) is -1.36. The van der Waals surface area contributed by atoms with Gasteiger partial charge in [0.2, 0.25) is 0 Å². The molecule has 0 aromatic carbocycles. The Kier molecular flexibility index (Phi) is 6.11. The summed E-state index contributed by atoms with van der Waals surface area (Å²) in [5, 5.41) is 7.66. The first-order valence-electron chi connectivity index (χ1n) is 4.30. The van der Waals surface area contributed by atoms with Crippen molar-refractivity contribution in [3.63, 3.8) is 0 Å². The number of hydrogen-bond acceptors (Lipinski definition) is 3. The van der Waals surface area contributed by atoms with Gasteiger partial charge in [0.1, 0.15) is 5.17 Å². The smallest absolute Gasteiger partial charge is 0.137 e. The maximum atomic E-state index is 7.46. The molecule has 0 aromatic rings. The molecule has 5 heteroatoms. The molecule has 0 heterocycles. The highest BCUT2D eigenvalue weighted by molar-refractivity contribution is 8.44. The van der Waals surface area contributed by atoms with Crippen molar-refractivity contribution in [1.82, 2.24) is 0 Å². The SMILES string of the molecule is CCOCS(C)(COCC)C(=N)N. The molecule has 0 aliphatic carbocycles. The molecule has 3 N–H and O–H groups in total. The summed E-state index contributed by atoms with van der Waals surface area (Å²) < 4.78 is 10.6. The van der Waals surface area contributed by atoms with Crippen LogP contribution in [0.3, 0.4) is 0 Å². The molecule has 0 aromatic heterocycles. The lowest BCUT2D eigenvalue weighted by molar-refractivity contribution is 0.180. The monoisotopic (exact) mass is 208 g/mol. The number of hydrogen-bond donors (Lipinski definition) is 2. The predicted octanol–water partition coefficient (Wildman–Crippen LogP) is 1.30. The molecule has 0 spiro atoms. The lowest BCUT2D eigenvalue weighted by atomic mass is 10.9. The highest BCUT2D eigenvalue weighted by atomic mass is 32.3. The second-order valence-electron chi connectivity index (χ2n) is 2.86. The van der Waals surface area contributed by atoms with Gasteiger partial charge >= 0.3 is 0 Å². The average molecular weight is 208 g/mol. The normalized spacial score (nSPS) is 12.8. The molecule has 0 aliphatic heterocycles. The van der Waals surface area contributed by atoms with E-state index in [9.17, 15) is 0 Å². The lowest BCUT2D eigenvalue weighted by Crippen LogP contribution is -2.26. The number of ether oxygens (including phenoxy) is 2. The van der Waals surface area contributed by atoms with Crippen molar-refractivity contribution in [2.75, 3.05) is 31.3 Å². The van der Waals surface area contributed by atoms with Crippen molar-refractivity contribution < 1.29 is 9.47 Å². The number of nitrogens with two attached hydrogens (primary N) is 1. The largest absolute Gasteiger partial charge is 0.380 e. The molecular formula is C8H20N2O2S. The summed E-state index contributed by atoms with van der Waals surface area (Å²) in [4.78, 5) is 0. The summed E-state index contributed by atoms with van der Waals surface area (Å²) in [5.74, 6) is 1.05. The zero-order chi connectivity index (χ0) is 10.3. The van der Waals surface area contributed by atoms with E-state index in [2.05, 4.69) is 0 Å². The molecule has 0 unspecified atom stereocenters. The summed E-state index contributed by atoms with van der Waals surface area (Å²) in [5.41, 5.74) is 5.51. The van der Waals surface area contributed by atoms with Crippen molar-refractivity contribution in [1.29, 1.82) is 5.41 Å². The van der Waals surface area contributed by atoms with Gasteiger partial charge in [-0.05, 0) is 20.1 Å². The quantitative estimate of drug-likeness (QED) is 0.510. The fraction of sp³-hybridized carbons (Fsp3) is 0.875. The fourth-order valence-corrected chi connectivity index (χ4v) is 2.09. The molecule has 0 radical (unpaired) electrons. The van der Waals surface area contributed by atoms with E-state index in [-0.39, 0.29) is 5.17 Å². The summed E-state index contributed by atoms with van der Waals surface area (Å²) in [6, 6.07) is 0. The topological polar surface area (TPSA) is 68.3 Å². The maximum Gasteiger partial charge on any atom is 0.137 e. The van der Waals surface area contributed by atoms with Gasteiger partial charge in [-0.25, -0.2) is 0 Å². The maximum absolute atomic E-state index is 7.46. The Morgan fingerprint density at radius 2 is 1.62 bits per heavy atom. The molecule has 0 aliphatic rings. The molecule has 0 bridgehead atoms. The number of rotatable bonds is 6. The Morgan fingerprint density at radius 3 is 1.85 bits per heavy atom. The van der Waals surface area contributed by atoms with Gasteiger partial charge in [-0.3, -0.25) is 5.41 Å². The Hall–Kier alpha value is -0.260. The standard InChI is InChI=1S/C8H20N2O2S/c1-4-11-6-13(3,8(9)10)7-12-5-2/h4-7H2,1-3H3,(H3,9,10). The Morgan fingerprint density at radius 1 is 1.23 bits per heavy atom. The molecule has 0 amide bonds. The third kappa shape index (κ3) is 4.50. The van der Waals surface area contributed by atoms with Gasteiger partial charge < -0.3 is 15.2 Å². The van der Waals surface area contributed by atoms with Gasteiger partial charge in [0.25, 0.3) is 0 Å². The van der Waals surface area contributed by atoms with Crippen LogP contribution < -0.4 is 5.73 Å². The second-order valence-corrected chi connectivity index (χ2v) is 6.32. The van der Waals surface area contributed by atoms with E-state index < -0.39 is 10.0 Å². The van der Waals surface area contributed by atoms with E-state index in [4.69, 9.17) is 20.6 Å². The van der Waals surface area contributed by atoms with Crippen molar-refractivity contribution in [3.8, 4) is 0 Å². The van der Waals surface area contributed by atoms with Crippen LogP contribution in [0.15, 0.2) is 0 Å². The third-order valence-electron chi connectivity index (χ3n) is 1.63. The van der Waals surface area contributed by atoms with Gasteiger partial charge in [0.05, 0.1) is 11.9 Å². The third-order valence-corrected chi connectivity index (χ3v) is 4.06. The Labute approximate surface area is 81.6 Å². The zero-order valence-electron chi connectivity index (χ0n) is 8.63. The highest BCUT2D eigenvalue weighted by Gasteiger charge is 2.22. The molecular weight excluding hydrogens is 188 g/mol. The minimum Gasteiger partial charge on any atom is -0.380 e. The van der Waals surface area contributed by atoms with Crippen molar-refractivity contribution in [2.45, 2.75) is 13.8 Å². The van der Waals surface area contributed by atoms with Crippen LogP contribution in [0.5, 0.6) is 0 Å². The van der Waals surface area contributed by atoms with Gasteiger partial charge in [-0.2, -0.15) is 0 Å². The average Bonchev–Trinajstić information content (AvgIpc) is 2.11. The lowest BCUT2D eigenvalue weighted by Gasteiger charge is -2.32. The second kappa shape index (κ2) is 6.23. The first-order valence-corrected chi connectivity index (χ1v) is 6.68. The van der Waals surface area contributed by atoms with E-state index in [1.807, 2.05) is 20.1 Å². The van der Waals surface area contributed by atoms with Crippen LogP contribution in [0.4, 0.5) is 0 Å². The Bertz CT molecular complexity index is 156. The van der Waals surface area contributed by atoms with Crippen LogP contribution in [0.1, 0.15) is 13.8 Å². The van der Waals surface area contributed by atoms with Crippen LogP contribution in [0.2, 0.25) is 0 Å². The van der Waals surface area contributed by atoms with Crippen molar-refractivity contribution in [2.24, 2.45) is 5.73 Å². The van der Waals surface area contributed by atoms with Crippen LogP contribution in [0.25, 0.3) is 0 Å².